The Bertz CT molecular complexity index is 526. The lowest BCUT2D eigenvalue weighted by molar-refractivity contribution is -0.124. The molecule has 1 aliphatic carbocycles. The second-order valence-corrected chi connectivity index (χ2v) is 4.30. The largest absolute Gasteiger partial charge is 0.496 e. The topological polar surface area (TPSA) is 67.4 Å². The van der Waals surface area contributed by atoms with Crippen LogP contribution in [0.1, 0.15) is 17.5 Å². The van der Waals surface area contributed by atoms with Gasteiger partial charge in [0.05, 0.1) is 7.11 Å². The number of urea groups is 1. The van der Waals surface area contributed by atoms with Crippen LogP contribution in [0.2, 0.25) is 0 Å². The van der Waals surface area contributed by atoms with Gasteiger partial charge in [-0.05, 0) is 24.5 Å². The van der Waals surface area contributed by atoms with Crippen LogP contribution in [-0.4, -0.2) is 19.0 Å². The maximum absolute atomic E-state index is 11.9. The number of carbonyl (C=O) groups excluding carboxylic acids is 2. The zero-order valence-corrected chi connectivity index (χ0v) is 9.37. The summed E-state index contributed by atoms with van der Waals surface area (Å²) in [5.41, 5.74) is 0.966. The van der Waals surface area contributed by atoms with E-state index in [2.05, 4.69) is 10.6 Å². The molecule has 1 spiro atoms. The first-order valence-corrected chi connectivity index (χ1v) is 5.47. The smallest absolute Gasteiger partial charge is 0.322 e. The standard InChI is InChI=1S/C12H12N2O3/c1-17-9-4-2-3-8-7(9)5-6-12(8)10(15)13-11(16)14-12/h2-4H,5-6H2,1H3,(H2,13,14,15,16)/t12-/m1/s1. The third kappa shape index (κ3) is 1.19. The van der Waals surface area contributed by atoms with Gasteiger partial charge >= 0.3 is 6.03 Å². The minimum absolute atomic E-state index is 0.269. The molecule has 1 saturated heterocycles. The van der Waals surface area contributed by atoms with Crippen molar-refractivity contribution >= 4 is 11.9 Å². The lowest BCUT2D eigenvalue weighted by Gasteiger charge is -2.21. The molecule has 0 bridgehead atoms. The number of amides is 3. The van der Waals surface area contributed by atoms with Crippen LogP contribution in [0.3, 0.4) is 0 Å². The van der Waals surface area contributed by atoms with Gasteiger partial charge in [-0.3, -0.25) is 10.1 Å². The van der Waals surface area contributed by atoms with Gasteiger partial charge in [0.1, 0.15) is 11.3 Å². The molecule has 1 heterocycles. The molecule has 0 radical (unpaired) electrons. The zero-order chi connectivity index (χ0) is 12.0. The highest BCUT2D eigenvalue weighted by molar-refractivity contribution is 6.08. The summed E-state index contributed by atoms with van der Waals surface area (Å²) in [4.78, 5) is 23.2. The van der Waals surface area contributed by atoms with Crippen molar-refractivity contribution in [1.82, 2.24) is 10.6 Å². The van der Waals surface area contributed by atoms with Gasteiger partial charge in [0.15, 0.2) is 0 Å². The molecule has 0 saturated carbocycles. The van der Waals surface area contributed by atoms with Crippen molar-refractivity contribution in [2.24, 2.45) is 0 Å². The molecule has 1 aliphatic heterocycles. The summed E-state index contributed by atoms with van der Waals surface area (Å²) in [5.74, 6) is 0.503. The molecular formula is C12H12N2O3. The summed E-state index contributed by atoms with van der Waals surface area (Å²) in [6, 6.07) is 5.15. The van der Waals surface area contributed by atoms with E-state index >= 15 is 0 Å². The highest BCUT2D eigenvalue weighted by Crippen LogP contribution is 2.42. The Balaban J connectivity index is 2.16. The van der Waals surface area contributed by atoms with Gasteiger partial charge in [0, 0.05) is 5.56 Å². The second-order valence-electron chi connectivity index (χ2n) is 4.30. The average Bonchev–Trinajstić information content (AvgIpc) is 2.82. The molecule has 1 aromatic carbocycles. The lowest BCUT2D eigenvalue weighted by atomic mass is 9.92. The van der Waals surface area contributed by atoms with Gasteiger partial charge in [-0.2, -0.15) is 0 Å². The number of carbonyl (C=O) groups is 2. The van der Waals surface area contributed by atoms with Crippen LogP contribution in [0.4, 0.5) is 4.79 Å². The first-order chi connectivity index (χ1) is 8.17. The van der Waals surface area contributed by atoms with Crippen molar-refractivity contribution in [2.75, 3.05) is 7.11 Å². The Morgan fingerprint density at radius 3 is 2.82 bits per heavy atom. The number of hydrogen-bond donors (Lipinski definition) is 2. The lowest BCUT2D eigenvalue weighted by Crippen LogP contribution is -2.41. The van der Waals surface area contributed by atoms with Crippen LogP contribution in [0.15, 0.2) is 18.2 Å². The van der Waals surface area contributed by atoms with Crippen molar-refractivity contribution in [1.29, 1.82) is 0 Å². The number of methoxy groups -OCH3 is 1. The van der Waals surface area contributed by atoms with E-state index in [0.717, 1.165) is 23.3 Å². The van der Waals surface area contributed by atoms with Crippen molar-refractivity contribution in [2.45, 2.75) is 18.4 Å². The van der Waals surface area contributed by atoms with Crippen LogP contribution < -0.4 is 15.4 Å². The molecule has 1 fully saturated rings. The quantitative estimate of drug-likeness (QED) is 0.699. The third-order valence-electron chi connectivity index (χ3n) is 3.50. The average molecular weight is 232 g/mol. The Morgan fingerprint density at radius 2 is 2.18 bits per heavy atom. The normalized spacial score (nSPS) is 25.7. The van der Waals surface area contributed by atoms with Crippen LogP contribution in [0.25, 0.3) is 0 Å². The van der Waals surface area contributed by atoms with Crippen LogP contribution >= 0.6 is 0 Å². The maximum Gasteiger partial charge on any atom is 0.322 e. The fourth-order valence-corrected chi connectivity index (χ4v) is 2.72. The summed E-state index contributed by atoms with van der Waals surface area (Å²) in [6.45, 7) is 0. The maximum atomic E-state index is 11.9. The van der Waals surface area contributed by atoms with Crippen LogP contribution in [-0.2, 0) is 16.8 Å². The molecule has 0 unspecified atom stereocenters. The summed E-state index contributed by atoms with van der Waals surface area (Å²) in [5, 5.41) is 5.03. The SMILES string of the molecule is COc1cccc2c1CC[C@@]21NC(=O)NC1=O. The molecule has 3 amide bonds. The number of rotatable bonds is 1. The summed E-state index contributed by atoms with van der Waals surface area (Å²) >= 11 is 0. The number of imide groups is 1. The number of ether oxygens (including phenoxy) is 1. The van der Waals surface area contributed by atoms with Crippen LogP contribution in [0.5, 0.6) is 5.75 Å². The Kier molecular flexibility index (Phi) is 1.92. The van der Waals surface area contributed by atoms with E-state index in [1.54, 1.807) is 7.11 Å². The highest BCUT2D eigenvalue weighted by Gasteiger charge is 2.51. The van der Waals surface area contributed by atoms with Gasteiger partial charge < -0.3 is 10.1 Å². The Labute approximate surface area is 98.1 Å². The molecular weight excluding hydrogens is 220 g/mol. The van der Waals surface area contributed by atoms with E-state index in [1.165, 1.54) is 0 Å². The monoisotopic (exact) mass is 232 g/mol. The van der Waals surface area contributed by atoms with Gasteiger partial charge in [0.25, 0.3) is 5.91 Å². The van der Waals surface area contributed by atoms with Crippen LogP contribution in [0, 0.1) is 0 Å². The van der Waals surface area contributed by atoms with E-state index in [0.29, 0.717) is 6.42 Å². The number of fused-ring (bicyclic) bond motifs is 2. The fraction of sp³-hybridized carbons (Fsp3) is 0.333. The van der Waals surface area contributed by atoms with Crippen molar-refractivity contribution in [3.05, 3.63) is 29.3 Å². The van der Waals surface area contributed by atoms with Gasteiger partial charge in [-0.1, -0.05) is 12.1 Å². The molecule has 2 aliphatic rings. The Hall–Kier alpha value is -2.04. The number of nitrogens with one attached hydrogen (secondary N) is 2. The molecule has 2 N–H and O–H groups in total. The Morgan fingerprint density at radius 1 is 1.35 bits per heavy atom. The molecule has 17 heavy (non-hydrogen) atoms. The summed E-state index contributed by atoms with van der Waals surface area (Å²) in [7, 11) is 1.61. The van der Waals surface area contributed by atoms with Crippen molar-refractivity contribution in [3.8, 4) is 5.75 Å². The molecule has 3 rings (SSSR count). The van der Waals surface area contributed by atoms with Crippen molar-refractivity contribution < 1.29 is 14.3 Å². The van der Waals surface area contributed by atoms with Crippen molar-refractivity contribution in [3.63, 3.8) is 0 Å². The minimum Gasteiger partial charge on any atom is -0.496 e. The second kappa shape index (κ2) is 3.23. The first-order valence-electron chi connectivity index (χ1n) is 5.47. The number of benzene rings is 1. The third-order valence-corrected chi connectivity index (χ3v) is 3.50. The highest BCUT2D eigenvalue weighted by atomic mass is 16.5. The van der Waals surface area contributed by atoms with E-state index < -0.39 is 11.6 Å². The summed E-state index contributed by atoms with van der Waals surface area (Å²) < 4.78 is 5.28. The fourth-order valence-electron chi connectivity index (χ4n) is 2.72. The van der Waals surface area contributed by atoms with Gasteiger partial charge in [-0.25, -0.2) is 4.79 Å². The molecule has 5 heteroatoms. The van der Waals surface area contributed by atoms with E-state index in [9.17, 15) is 9.59 Å². The molecule has 88 valence electrons. The molecule has 1 atom stereocenters. The zero-order valence-electron chi connectivity index (χ0n) is 9.37. The predicted octanol–water partition coefficient (Wildman–Crippen LogP) is 0.676. The van der Waals surface area contributed by atoms with Gasteiger partial charge in [-0.15, -0.1) is 0 Å². The minimum atomic E-state index is -0.888. The van der Waals surface area contributed by atoms with E-state index in [-0.39, 0.29) is 5.91 Å². The molecule has 1 aromatic rings. The van der Waals surface area contributed by atoms with E-state index in [1.807, 2.05) is 18.2 Å². The predicted molar refractivity (Wildman–Crippen MR) is 59.7 cm³/mol. The summed E-state index contributed by atoms with van der Waals surface area (Å²) in [6.07, 6.45) is 1.31. The molecule has 5 nitrogen and oxygen atoms in total. The number of hydrogen-bond acceptors (Lipinski definition) is 3. The molecule has 0 aromatic heterocycles. The first kappa shape index (κ1) is 10.1. The van der Waals surface area contributed by atoms with Gasteiger partial charge in [0.2, 0.25) is 0 Å². The van der Waals surface area contributed by atoms with E-state index in [4.69, 9.17) is 4.74 Å².